The molecule has 0 aliphatic carbocycles. The summed E-state index contributed by atoms with van der Waals surface area (Å²) >= 11 is 0. The number of carboxylic acids is 1. The molecule has 0 bridgehead atoms. The SMILES string of the molecule is O=C(O)CCNC(=O)c1cc2ccccc2c(=O)[nH]1. The minimum atomic E-state index is -0.993. The number of hydrogen-bond donors (Lipinski definition) is 3. The lowest BCUT2D eigenvalue weighted by atomic mass is 10.1. The minimum absolute atomic E-state index is 0.0169. The van der Waals surface area contributed by atoms with E-state index in [0.717, 1.165) is 0 Å². The van der Waals surface area contributed by atoms with E-state index in [1.54, 1.807) is 30.3 Å². The van der Waals surface area contributed by atoms with Gasteiger partial charge in [0.05, 0.1) is 6.42 Å². The number of nitrogens with one attached hydrogen (secondary N) is 2. The summed E-state index contributed by atoms with van der Waals surface area (Å²) in [6.07, 6.45) is -0.163. The summed E-state index contributed by atoms with van der Waals surface area (Å²) in [5, 5.41) is 12.1. The number of carbonyl (C=O) groups excluding carboxylic acids is 1. The summed E-state index contributed by atoms with van der Waals surface area (Å²) < 4.78 is 0. The summed E-state index contributed by atoms with van der Waals surface area (Å²) in [7, 11) is 0. The summed E-state index contributed by atoms with van der Waals surface area (Å²) in [6.45, 7) is 0.0169. The van der Waals surface area contributed by atoms with Crippen LogP contribution in [-0.4, -0.2) is 28.5 Å². The van der Waals surface area contributed by atoms with Crippen molar-refractivity contribution in [3.05, 3.63) is 46.4 Å². The van der Waals surface area contributed by atoms with Crippen molar-refractivity contribution in [1.29, 1.82) is 0 Å². The Morgan fingerprint density at radius 3 is 2.74 bits per heavy atom. The van der Waals surface area contributed by atoms with Crippen LogP contribution >= 0.6 is 0 Å². The molecule has 1 amide bonds. The third-order valence-corrected chi connectivity index (χ3v) is 2.62. The van der Waals surface area contributed by atoms with Crippen LogP contribution in [0.15, 0.2) is 35.1 Å². The molecular formula is C13H12N2O4. The first kappa shape index (κ1) is 12.8. The van der Waals surface area contributed by atoms with Gasteiger partial charge in [-0.15, -0.1) is 0 Å². The summed E-state index contributed by atoms with van der Waals surface area (Å²) in [5.41, 5.74) is -0.226. The van der Waals surface area contributed by atoms with Crippen LogP contribution in [-0.2, 0) is 4.79 Å². The van der Waals surface area contributed by atoms with E-state index in [1.165, 1.54) is 0 Å². The maximum atomic E-state index is 11.8. The van der Waals surface area contributed by atoms with Gasteiger partial charge in [-0.3, -0.25) is 14.4 Å². The van der Waals surface area contributed by atoms with Gasteiger partial charge in [0.25, 0.3) is 11.5 Å². The number of benzene rings is 1. The number of H-pyrrole nitrogens is 1. The molecule has 0 aliphatic heterocycles. The standard InChI is InChI=1S/C13H12N2O4/c16-11(17)5-6-14-13(19)10-7-8-3-1-2-4-9(8)12(18)15-10/h1-4,7H,5-6H2,(H,14,19)(H,15,18)(H,16,17). The lowest BCUT2D eigenvalue weighted by Crippen LogP contribution is -2.28. The van der Waals surface area contributed by atoms with Crippen molar-refractivity contribution < 1.29 is 14.7 Å². The molecule has 98 valence electrons. The van der Waals surface area contributed by atoms with E-state index < -0.39 is 11.9 Å². The van der Waals surface area contributed by atoms with Crippen LogP contribution in [0, 0.1) is 0 Å². The van der Waals surface area contributed by atoms with E-state index in [-0.39, 0.29) is 24.2 Å². The largest absolute Gasteiger partial charge is 0.481 e. The fourth-order valence-corrected chi connectivity index (χ4v) is 1.71. The maximum absolute atomic E-state index is 11.8. The molecule has 2 aromatic rings. The quantitative estimate of drug-likeness (QED) is 0.754. The number of carboxylic acid groups (broad SMARTS) is 1. The molecule has 0 unspecified atom stereocenters. The summed E-state index contributed by atoms with van der Waals surface area (Å²) in [6, 6.07) is 8.48. The fraction of sp³-hybridized carbons (Fsp3) is 0.154. The monoisotopic (exact) mass is 260 g/mol. The van der Waals surface area contributed by atoms with E-state index in [2.05, 4.69) is 10.3 Å². The molecule has 0 saturated heterocycles. The molecule has 19 heavy (non-hydrogen) atoms. The van der Waals surface area contributed by atoms with Crippen LogP contribution in [0.3, 0.4) is 0 Å². The highest BCUT2D eigenvalue weighted by molar-refractivity contribution is 5.96. The zero-order chi connectivity index (χ0) is 13.8. The number of aromatic nitrogens is 1. The van der Waals surface area contributed by atoms with E-state index in [9.17, 15) is 14.4 Å². The van der Waals surface area contributed by atoms with Gasteiger partial charge in [-0.1, -0.05) is 18.2 Å². The molecule has 1 aromatic carbocycles. The van der Waals surface area contributed by atoms with Gasteiger partial charge in [0.1, 0.15) is 5.69 Å². The Morgan fingerprint density at radius 1 is 1.26 bits per heavy atom. The molecule has 0 atom stereocenters. The predicted octanol–water partition coefficient (Wildman–Crippen LogP) is 0.733. The molecule has 0 aliphatic rings. The van der Waals surface area contributed by atoms with Crippen molar-refractivity contribution in [3.63, 3.8) is 0 Å². The van der Waals surface area contributed by atoms with E-state index >= 15 is 0 Å². The third kappa shape index (κ3) is 2.98. The first-order valence-corrected chi connectivity index (χ1v) is 5.70. The van der Waals surface area contributed by atoms with Crippen LogP contribution in [0.25, 0.3) is 10.8 Å². The average molecular weight is 260 g/mol. The van der Waals surface area contributed by atoms with Crippen molar-refractivity contribution in [2.45, 2.75) is 6.42 Å². The number of fused-ring (bicyclic) bond motifs is 1. The van der Waals surface area contributed by atoms with E-state index in [1.807, 2.05) is 0 Å². The van der Waals surface area contributed by atoms with Gasteiger partial charge in [-0.2, -0.15) is 0 Å². The fourth-order valence-electron chi connectivity index (χ4n) is 1.71. The van der Waals surface area contributed by atoms with Gasteiger partial charge in [0, 0.05) is 11.9 Å². The van der Waals surface area contributed by atoms with Gasteiger partial charge < -0.3 is 15.4 Å². The molecule has 0 saturated carbocycles. The van der Waals surface area contributed by atoms with Crippen LogP contribution in [0.1, 0.15) is 16.9 Å². The Labute approximate surface area is 108 Å². The van der Waals surface area contributed by atoms with Crippen molar-refractivity contribution in [2.24, 2.45) is 0 Å². The molecule has 6 heteroatoms. The number of aliphatic carboxylic acids is 1. The van der Waals surface area contributed by atoms with E-state index in [4.69, 9.17) is 5.11 Å². The molecule has 6 nitrogen and oxygen atoms in total. The van der Waals surface area contributed by atoms with Gasteiger partial charge in [-0.25, -0.2) is 0 Å². The zero-order valence-corrected chi connectivity index (χ0v) is 9.97. The second-order valence-corrected chi connectivity index (χ2v) is 4.00. The van der Waals surface area contributed by atoms with Crippen molar-refractivity contribution >= 4 is 22.6 Å². The van der Waals surface area contributed by atoms with Gasteiger partial charge in [0.15, 0.2) is 0 Å². The Balaban J connectivity index is 2.23. The molecular weight excluding hydrogens is 248 g/mol. The van der Waals surface area contributed by atoms with Crippen LogP contribution in [0.5, 0.6) is 0 Å². The summed E-state index contributed by atoms with van der Waals surface area (Å²) in [4.78, 5) is 36.3. The predicted molar refractivity (Wildman–Crippen MR) is 69.2 cm³/mol. The van der Waals surface area contributed by atoms with Crippen LogP contribution in [0.2, 0.25) is 0 Å². The van der Waals surface area contributed by atoms with Gasteiger partial charge in [-0.05, 0) is 17.5 Å². The zero-order valence-electron chi connectivity index (χ0n) is 9.97. The highest BCUT2D eigenvalue weighted by atomic mass is 16.4. The Hall–Kier alpha value is -2.63. The number of aromatic amines is 1. The van der Waals surface area contributed by atoms with Gasteiger partial charge >= 0.3 is 5.97 Å². The second kappa shape index (κ2) is 5.34. The lowest BCUT2D eigenvalue weighted by Gasteiger charge is -2.04. The third-order valence-electron chi connectivity index (χ3n) is 2.62. The first-order valence-electron chi connectivity index (χ1n) is 5.70. The smallest absolute Gasteiger partial charge is 0.305 e. The normalized spacial score (nSPS) is 10.3. The van der Waals surface area contributed by atoms with E-state index in [0.29, 0.717) is 10.8 Å². The molecule has 0 radical (unpaired) electrons. The second-order valence-electron chi connectivity index (χ2n) is 4.00. The molecule has 2 rings (SSSR count). The number of pyridine rings is 1. The molecule has 1 aromatic heterocycles. The topological polar surface area (TPSA) is 99.3 Å². The highest BCUT2D eigenvalue weighted by Gasteiger charge is 2.09. The highest BCUT2D eigenvalue weighted by Crippen LogP contribution is 2.09. The maximum Gasteiger partial charge on any atom is 0.305 e. The molecule has 0 fully saturated rings. The van der Waals surface area contributed by atoms with Crippen molar-refractivity contribution in [1.82, 2.24) is 10.3 Å². The number of carbonyl (C=O) groups is 2. The minimum Gasteiger partial charge on any atom is -0.481 e. The Kier molecular flexibility index (Phi) is 3.61. The average Bonchev–Trinajstić information content (AvgIpc) is 2.38. The number of hydrogen-bond acceptors (Lipinski definition) is 3. The van der Waals surface area contributed by atoms with Crippen molar-refractivity contribution in [2.75, 3.05) is 6.54 Å². The summed E-state index contributed by atoms with van der Waals surface area (Å²) in [5.74, 6) is -1.49. The number of amides is 1. The van der Waals surface area contributed by atoms with Gasteiger partial charge in [0.2, 0.25) is 0 Å². The molecule has 1 heterocycles. The first-order chi connectivity index (χ1) is 9.08. The molecule has 3 N–H and O–H groups in total. The lowest BCUT2D eigenvalue weighted by molar-refractivity contribution is -0.136. The Morgan fingerprint density at radius 2 is 2.00 bits per heavy atom. The Bertz CT molecular complexity index is 690. The number of rotatable bonds is 4. The van der Waals surface area contributed by atoms with Crippen LogP contribution < -0.4 is 10.9 Å². The van der Waals surface area contributed by atoms with Crippen LogP contribution in [0.4, 0.5) is 0 Å². The van der Waals surface area contributed by atoms with Crippen molar-refractivity contribution in [3.8, 4) is 0 Å². The molecule has 0 spiro atoms.